The van der Waals surface area contributed by atoms with Crippen molar-refractivity contribution in [2.75, 3.05) is 5.32 Å². The number of benzene rings is 1. The predicted octanol–water partition coefficient (Wildman–Crippen LogP) is 6.68. The molecule has 4 rings (SSSR count). The van der Waals surface area contributed by atoms with Crippen molar-refractivity contribution < 1.29 is 4.74 Å². The molecule has 0 amide bonds. The third-order valence-corrected chi connectivity index (χ3v) is 7.17. The van der Waals surface area contributed by atoms with Gasteiger partial charge in [-0.15, -0.1) is 11.3 Å². The van der Waals surface area contributed by atoms with Gasteiger partial charge in [-0.2, -0.15) is 0 Å². The first-order valence-electron chi connectivity index (χ1n) is 9.26. The molecule has 0 radical (unpaired) electrons. The van der Waals surface area contributed by atoms with E-state index in [1.807, 2.05) is 68.3 Å². The Labute approximate surface area is 197 Å². The first-order chi connectivity index (χ1) is 14.7. The highest BCUT2D eigenvalue weighted by molar-refractivity contribution is 14.1. The molecule has 0 aliphatic heterocycles. The summed E-state index contributed by atoms with van der Waals surface area (Å²) in [7, 11) is 0. The highest BCUT2D eigenvalue weighted by Crippen LogP contribution is 2.35. The number of rotatable bonds is 7. The fourth-order valence-corrected chi connectivity index (χ4v) is 5.42. The highest BCUT2D eigenvalue weighted by atomic mass is 127. The summed E-state index contributed by atoms with van der Waals surface area (Å²) in [5.74, 6) is 0.762. The molecule has 1 N–H and O–H groups in total. The van der Waals surface area contributed by atoms with Crippen LogP contribution in [0.4, 0.5) is 5.69 Å². The second-order valence-corrected chi connectivity index (χ2v) is 9.74. The van der Waals surface area contributed by atoms with Gasteiger partial charge in [-0.05, 0) is 54.8 Å². The molecule has 0 unspecified atom stereocenters. The Morgan fingerprint density at radius 1 is 1.30 bits per heavy atom. The van der Waals surface area contributed by atoms with Crippen LogP contribution in [0.2, 0.25) is 0 Å². The number of fused-ring (bicyclic) bond motifs is 1. The zero-order valence-electron chi connectivity index (χ0n) is 16.4. The summed E-state index contributed by atoms with van der Waals surface area (Å²) in [6.45, 7) is 4.40. The molecule has 0 fully saturated rings. The smallest absolute Gasteiger partial charge is 0.154 e. The lowest BCUT2D eigenvalue weighted by Gasteiger charge is -2.14. The molecule has 1 aromatic carbocycles. The van der Waals surface area contributed by atoms with Gasteiger partial charge in [0.05, 0.1) is 0 Å². The van der Waals surface area contributed by atoms with Crippen molar-refractivity contribution in [1.29, 1.82) is 0 Å². The van der Waals surface area contributed by atoms with Gasteiger partial charge in [0.25, 0.3) is 0 Å². The first-order valence-corrected chi connectivity index (χ1v) is 12.0. The number of hydrogen-bond acceptors (Lipinski definition) is 7. The van der Waals surface area contributed by atoms with Gasteiger partial charge in [-0.25, -0.2) is 9.97 Å². The molecule has 0 bridgehead atoms. The van der Waals surface area contributed by atoms with Crippen molar-refractivity contribution in [2.24, 2.45) is 0 Å². The summed E-state index contributed by atoms with van der Waals surface area (Å²) >= 11 is 5.54. The van der Waals surface area contributed by atoms with Gasteiger partial charge < -0.3 is 10.1 Å². The summed E-state index contributed by atoms with van der Waals surface area (Å²) in [6, 6.07) is 8.06. The molecular weight excluding hydrogens is 527 g/mol. The summed E-state index contributed by atoms with van der Waals surface area (Å²) in [6.07, 6.45) is 9.43. The second kappa shape index (κ2) is 9.76. The minimum Gasteiger partial charge on any atom is -0.487 e. The summed E-state index contributed by atoms with van der Waals surface area (Å²) in [4.78, 5) is 14.5. The standard InChI is InChI=1S/C22H19IN4OS2/c1-3-7-25-18-10-14(2)27-21-15(18)5-4-6-19(21)28-13-16-17(23)11-24-12-20(16)30-22-26-8-9-29-22/h3-12H,13H2,1-2H3,(H,25,27)/b7-3-. The van der Waals surface area contributed by atoms with Gasteiger partial charge in [-0.1, -0.05) is 30.0 Å². The van der Waals surface area contributed by atoms with Gasteiger partial charge in [0.2, 0.25) is 0 Å². The highest BCUT2D eigenvalue weighted by Gasteiger charge is 2.14. The normalized spacial score (nSPS) is 11.3. The van der Waals surface area contributed by atoms with Crippen LogP contribution in [-0.4, -0.2) is 15.0 Å². The van der Waals surface area contributed by atoms with E-state index in [1.54, 1.807) is 23.1 Å². The topological polar surface area (TPSA) is 59.9 Å². The van der Waals surface area contributed by atoms with Crippen molar-refractivity contribution in [2.45, 2.75) is 29.7 Å². The van der Waals surface area contributed by atoms with Gasteiger partial charge >= 0.3 is 0 Å². The molecule has 0 aliphatic carbocycles. The van der Waals surface area contributed by atoms with E-state index in [4.69, 9.17) is 9.72 Å². The molecule has 3 heterocycles. The number of anilines is 1. The third-order valence-electron chi connectivity index (χ3n) is 4.28. The molecule has 8 heteroatoms. The molecule has 5 nitrogen and oxygen atoms in total. The van der Waals surface area contributed by atoms with E-state index in [-0.39, 0.29) is 0 Å². The van der Waals surface area contributed by atoms with Crippen LogP contribution >= 0.6 is 45.7 Å². The molecule has 3 aromatic heterocycles. The number of aryl methyl sites for hydroxylation is 1. The molecule has 0 aliphatic rings. The monoisotopic (exact) mass is 546 g/mol. The Hall–Kier alpha value is -2.17. The number of allylic oxidation sites excluding steroid dienone is 1. The quantitative estimate of drug-likeness (QED) is 0.261. The average Bonchev–Trinajstić information content (AvgIpc) is 3.25. The van der Waals surface area contributed by atoms with Crippen molar-refractivity contribution in [3.63, 3.8) is 0 Å². The van der Waals surface area contributed by atoms with E-state index in [0.717, 1.165) is 46.4 Å². The number of para-hydroxylation sites is 1. The van der Waals surface area contributed by atoms with Crippen LogP contribution in [0.15, 0.2) is 69.7 Å². The zero-order chi connectivity index (χ0) is 20.9. The number of hydrogen-bond donors (Lipinski definition) is 1. The molecular formula is C22H19IN4OS2. The minimum atomic E-state index is 0.431. The van der Waals surface area contributed by atoms with Crippen molar-refractivity contribution >= 4 is 62.3 Å². The van der Waals surface area contributed by atoms with Crippen LogP contribution < -0.4 is 10.1 Å². The molecule has 152 valence electrons. The van der Waals surface area contributed by atoms with Gasteiger partial charge in [0.15, 0.2) is 4.34 Å². The molecule has 0 spiro atoms. The number of ether oxygens (including phenoxy) is 1. The molecule has 0 saturated heterocycles. The molecule has 0 atom stereocenters. The predicted molar refractivity (Wildman–Crippen MR) is 132 cm³/mol. The fraction of sp³-hybridized carbons (Fsp3) is 0.136. The van der Waals surface area contributed by atoms with E-state index in [0.29, 0.717) is 6.61 Å². The fourth-order valence-electron chi connectivity index (χ4n) is 2.94. The molecule has 0 saturated carbocycles. The summed E-state index contributed by atoms with van der Waals surface area (Å²) in [5.41, 5.74) is 3.90. The van der Waals surface area contributed by atoms with Crippen LogP contribution in [0.25, 0.3) is 10.9 Å². The van der Waals surface area contributed by atoms with Crippen molar-refractivity contribution in [3.8, 4) is 5.75 Å². The Morgan fingerprint density at radius 3 is 3.00 bits per heavy atom. The maximum atomic E-state index is 6.29. The number of pyridine rings is 2. The van der Waals surface area contributed by atoms with Crippen molar-refractivity contribution in [1.82, 2.24) is 15.0 Å². The first kappa shape index (κ1) is 21.1. The SMILES string of the molecule is C/C=C\Nc1cc(C)nc2c(OCc3c(I)cncc3Sc3nccs3)cccc12. The Kier molecular flexibility index (Phi) is 6.86. The Bertz CT molecular complexity index is 1200. The Morgan fingerprint density at radius 2 is 2.20 bits per heavy atom. The number of thiazole rings is 1. The lowest BCUT2D eigenvalue weighted by Crippen LogP contribution is -2.02. The van der Waals surface area contributed by atoms with Gasteiger partial charge in [-0.3, -0.25) is 4.98 Å². The number of aromatic nitrogens is 3. The summed E-state index contributed by atoms with van der Waals surface area (Å²) in [5, 5.41) is 6.33. The lowest BCUT2D eigenvalue weighted by molar-refractivity contribution is 0.305. The zero-order valence-corrected chi connectivity index (χ0v) is 20.2. The van der Waals surface area contributed by atoms with E-state index < -0.39 is 0 Å². The molecule has 4 aromatic rings. The number of halogens is 1. The van der Waals surface area contributed by atoms with Gasteiger partial charge in [0.1, 0.15) is 17.9 Å². The van der Waals surface area contributed by atoms with E-state index >= 15 is 0 Å². The largest absolute Gasteiger partial charge is 0.487 e. The van der Waals surface area contributed by atoms with E-state index in [2.05, 4.69) is 43.9 Å². The number of nitrogens with one attached hydrogen (secondary N) is 1. The maximum absolute atomic E-state index is 6.29. The van der Waals surface area contributed by atoms with Crippen LogP contribution in [0.3, 0.4) is 0 Å². The third kappa shape index (κ3) is 4.76. The van der Waals surface area contributed by atoms with E-state index in [9.17, 15) is 0 Å². The van der Waals surface area contributed by atoms with Crippen LogP contribution in [0, 0.1) is 10.5 Å². The van der Waals surface area contributed by atoms with Gasteiger partial charge in [0, 0.05) is 54.8 Å². The van der Waals surface area contributed by atoms with Crippen LogP contribution in [0.1, 0.15) is 18.2 Å². The van der Waals surface area contributed by atoms with Crippen LogP contribution in [-0.2, 0) is 6.61 Å². The lowest BCUT2D eigenvalue weighted by atomic mass is 10.1. The summed E-state index contributed by atoms with van der Waals surface area (Å²) < 4.78 is 8.34. The van der Waals surface area contributed by atoms with Crippen molar-refractivity contribution in [3.05, 3.63) is 75.3 Å². The van der Waals surface area contributed by atoms with E-state index in [1.165, 1.54) is 0 Å². The minimum absolute atomic E-state index is 0.431. The average molecular weight is 546 g/mol. The number of nitrogens with zero attached hydrogens (tertiary/aromatic N) is 3. The Balaban J connectivity index is 1.65. The molecule has 30 heavy (non-hydrogen) atoms. The van der Waals surface area contributed by atoms with Crippen LogP contribution in [0.5, 0.6) is 5.75 Å². The second-order valence-electron chi connectivity index (χ2n) is 6.39. The maximum Gasteiger partial charge on any atom is 0.154 e.